The van der Waals surface area contributed by atoms with Crippen molar-refractivity contribution in [2.75, 3.05) is 46.4 Å². The molecule has 3 amide bonds. The summed E-state index contributed by atoms with van der Waals surface area (Å²) in [5.74, 6) is -0.0105. The van der Waals surface area contributed by atoms with Crippen LogP contribution in [0, 0.1) is 0 Å². The molecule has 8 heteroatoms. The number of ether oxygens (including phenoxy) is 1. The molecule has 0 saturated carbocycles. The van der Waals surface area contributed by atoms with Gasteiger partial charge in [0.2, 0.25) is 17.7 Å². The van der Waals surface area contributed by atoms with Crippen molar-refractivity contribution in [3.63, 3.8) is 0 Å². The summed E-state index contributed by atoms with van der Waals surface area (Å²) in [6.07, 6.45) is 2.22. The molecule has 2 aliphatic rings. The molecule has 2 heterocycles. The summed E-state index contributed by atoms with van der Waals surface area (Å²) >= 11 is 6.00. The fourth-order valence-electron chi connectivity index (χ4n) is 3.86. The number of methoxy groups -OCH3 is 1. The Kier molecular flexibility index (Phi) is 7.50. The van der Waals surface area contributed by atoms with Gasteiger partial charge in [0.1, 0.15) is 0 Å². The maximum Gasteiger partial charge on any atom is 0.242 e. The van der Waals surface area contributed by atoms with Gasteiger partial charge >= 0.3 is 0 Å². The average molecular weight is 422 g/mol. The molecule has 0 aliphatic carbocycles. The van der Waals surface area contributed by atoms with Crippen LogP contribution in [-0.4, -0.2) is 84.9 Å². The van der Waals surface area contributed by atoms with Crippen LogP contribution in [0.1, 0.15) is 24.8 Å². The van der Waals surface area contributed by atoms with E-state index in [-0.39, 0.29) is 36.8 Å². The van der Waals surface area contributed by atoms with Crippen molar-refractivity contribution in [3.8, 4) is 0 Å². The molecule has 0 unspecified atom stereocenters. The number of hydrogen-bond donors (Lipinski definition) is 0. The van der Waals surface area contributed by atoms with E-state index in [1.165, 1.54) is 0 Å². The van der Waals surface area contributed by atoms with E-state index in [2.05, 4.69) is 0 Å². The number of likely N-dealkylation sites (tertiary alicyclic amines) is 1. The maximum absolute atomic E-state index is 12.8. The van der Waals surface area contributed by atoms with E-state index in [9.17, 15) is 14.4 Å². The minimum Gasteiger partial charge on any atom is -0.378 e. The first kappa shape index (κ1) is 21.6. The first-order chi connectivity index (χ1) is 14.0. The number of nitrogens with zero attached hydrogens (tertiary/aromatic N) is 3. The van der Waals surface area contributed by atoms with E-state index in [0.717, 1.165) is 24.9 Å². The number of benzene rings is 1. The lowest BCUT2D eigenvalue weighted by Gasteiger charge is -2.24. The second-order valence-corrected chi connectivity index (χ2v) is 8.05. The molecule has 3 rings (SSSR count). The average Bonchev–Trinajstić information content (AvgIpc) is 3.02. The van der Waals surface area contributed by atoms with Crippen LogP contribution in [0.4, 0.5) is 0 Å². The molecule has 0 N–H and O–H groups in total. The van der Waals surface area contributed by atoms with Gasteiger partial charge < -0.3 is 19.4 Å². The topological polar surface area (TPSA) is 70.2 Å². The quantitative estimate of drug-likeness (QED) is 0.670. The second-order valence-electron chi connectivity index (χ2n) is 7.62. The first-order valence-corrected chi connectivity index (χ1v) is 10.4. The van der Waals surface area contributed by atoms with Crippen LogP contribution in [-0.2, 0) is 25.5 Å². The van der Waals surface area contributed by atoms with Gasteiger partial charge in [-0.3, -0.25) is 14.4 Å². The Morgan fingerprint density at radius 2 is 1.97 bits per heavy atom. The Balaban J connectivity index is 1.57. The molecule has 0 aromatic heterocycles. The lowest BCUT2D eigenvalue weighted by molar-refractivity contribution is -0.138. The Morgan fingerprint density at radius 3 is 2.66 bits per heavy atom. The van der Waals surface area contributed by atoms with Gasteiger partial charge in [-0.05, 0) is 30.5 Å². The standard InChI is InChI=1S/C21H28ClN3O4/c1-29-18-13-24(10-4-9-23-8-3-7-19(23)26)21(28)15-25(14-18)20(27)12-16-5-2-6-17(22)11-16/h2,5-6,11,18H,3-4,7-10,12-15H2,1H3/t18-/m1/s1. The van der Waals surface area contributed by atoms with E-state index >= 15 is 0 Å². The molecule has 1 aromatic rings. The Morgan fingerprint density at radius 1 is 1.17 bits per heavy atom. The van der Waals surface area contributed by atoms with E-state index in [1.54, 1.807) is 29.0 Å². The lowest BCUT2D eigenvalue weighted by Crippen LogP contribution is -2.41. The number of amides is 3. The predicted molar refractivity (Wildman–Crippen MR) is 110 cm³/mol. The molecule has 0 bridgehead atoms. The van der Waals surface area contributed by atoms with Crippen molar-refractivity contribution in [2.24, 2.45) is 0 Å². The number of carbonyl (C=O) groups is 3. The molecular formula is C21H28ClN3O4. The number of halogens is 1. The Hall–Kier alpha value is -2.12. The molecule has 29 heavy (non-hydrogen) atoms. The molecule has 2 saturated heterocycles. The fourth-order valence-corrected chi connectivity index (χ4v) is 4.07. The molecule has 2 fully saturated rings. The zero-order valence-corrected chi connectivity index (χ0v) is 17.6. The van der Waals surface area contributed by atoms with Gasteiger partial charge in [-0.2, -0.15) is 0 Å². The summed E-state index contributed by atoms with van der Waals surface area (Å²) in [6.45, 7) is 2.89. The van der Waals surface area contributed by atoms with Gasteiger partial charge in [-0.1, -0.05) is 23.7 Å². The second kappa shape index (κ2) is 10.1. The van der Waals surface area contributed by atoms with Crippen LogP contribution in [0.5, 0.6) is 0 Å². The summed E-state index contributed by atoms with van der Waals surface area (Å²) in [5.41, 5.74) is 0.820. The van der Waals surface area contributed by atoms with Gasteiger partial charge in [0.15, 0.2) is 0 Å². The molecule has 7 nitrogen and oxygen atoms in total. The predicted octanol–water partition coefficient (Wildman–Crippen LogP) is 1.58. The summed E-state index contributed by atoms with van der Waals surface area (Å²) in [6, 6.07) is 7.19. The maximum atomic E-state index is 12.8. The summed E-state index contributed by atoms with van der Waals surface area (Å²) in [7, 11) is 1.60. The minimum absolute atomic E-state index is 0.0436. The SMILES string of the molecule is CO[C@@H]1CN(CCCN2CCCC2=O)C(=O)CN(C(=O)Cc2cccc(Cl)c2)C1. The van der Waals surface area contributed by atoms with Gasteiger partial charge in [-0.15, -0.1) is 0 Å². The Labute approximate surface area is 176 Å². The van der Waals surface area contributed by atoms with E-state index in [4.69, 9.17) is 16.3 Å². The monoisotopic (exact) mass is 421 g/mol. The van der Waals surface area contributed by atoms with Gasteiger partial charge in [0.05, 0.1) is 19.1 Å². The molecule has 0 spiro atoms. The van der Waals surface area contributed by atoms with Gasteiger partial charge in [-0.25, -0.2) is 0 Å². The third kappa shape index (κ3) is 5.93. The van der Waals surface area contributed by atoms with Crippen molar-refractivity contribution in [2.45, 2.75) is 31.8 Å². The fraction of sp³-hybridized carbons (Fsp3) is 0.571. The first-order valence-electron chi connectivity index (χ1n) is 10.1. The highest BCUT2D eigenvalue weighted by molar-refractivity contribution is 6.30. The van der Waals surface area contributed by atoms with Crippen LogP contribution in [0.2, 0.25) is 5.02 Å². The van der Waals surface area contributed by atoms with Crippen LogP contribution in [0.15, 0.2) is 24.3 Å². The van der Waals surface area contributed by atoms with Gasteiger partial charge in [0, 0.05) is 51.3 Å². The minimum atomic E-state index is -0.238. The summed E-state index contributed by atoms with van der Waals surface area (Å²) in [4.78, 5) is 42.5. The highest BCUT2D eigenvalue weighted by Gasteiger charge is 2.30. The van der Waals surface area contributed by atoms with Crippen molar-refractivity contribution in [1.29, 1.82) is 0 Å². The number of carbonyl (C=O) groups excluding carboxylic acids is 3. The molecule has 0 radical (unpaired) electrons. The number of hydrogen-bond acceptors (Lipinski definition) is 4. The van der Waals surface area contributed by atoms with E-state index in [0.29, 0.717) is 37.6 Å². The molecule has 2 aliphatic heterocycles. The lowest BCUT2D eigenvalue weighted by atomic mass is 10.1. The Bertz CT molecular complexity index is 757. The third-order valence-electron chi connectivity index (χ3n) is 5.48. The highest BCUT2D eigenvalue weighted by Crippen LogP contribution is 2.15. The van der Waals surface area contributed by atoms with Crippen molar-refractivity contribution < 1.29 is 19.1 Å². The zero-order valence-electron chi connectivity index (χ0n) is 16.8. The van der Waals surface area contributed by atoms with E-state index < -0.39 is 0 Å². The van der Waals surface area contributed by atoms with Crippen LogP contribution in [0.25, 0.3) is 0 Å². The highest BCUT2D eigenvalue weighted by atomic mass is 35.5. The molecule has 1 aromatic carbocycles. The van der Waals surface area contributed by atoms with Crippen LogP contribution < -0.4 is 0 Å². The van der Waals surface area contributed by atoms with Crippen LogP contribution in [0.3, 0.4) is 0 Å². The number of rotatable bonds is 7. The third-order valence-corrected chi connectivity index (χ3v) is 5.72. The van der Waals surface area contributed by atoms with Crippen molar-refractivity contribution in [3.05, 3.63) is 34.9 Å². The smallest absolute Gasteiger partial charge is 0.242 e. The largest absolute Gasteiger partial charge is 0.378 e. The van der Waals surface area contributed by atoms with Gasteiger partial charge in [0.25, 0.3) is 0 Å². The van der Waals surface area contributed by atoms with E-state index in [1.807, 2.05) is 17.0 Å². The van der Waals surface area contributed by atoms with Crippen LogP contribution >= 0.6 is 11.6 Å². The van der Waals surface area contributed by atoms with Crippen molar-refractivity contribution in [1.82, 2.24) is 14.7 Å². The molecule has 1 atom stereocenters. The summed E-state index contributed by atoms with van der Waals surface area (Å²) < 4.78 is 5.52. The zero-order chi connectivity index (χ0) is 20.8. The molecular weight excluding hydrogens is 394 g/mol. The summed E-state index contributed by atoms with van der Waals surface area (Å²) in [5, 5.41) is 0.583. The molecule has 158 valence electrons. The normalized spacial score (nSPS) is 20.3. The van der Waals surface area contributed by atoms with Crippen molar-refractivity contribution >= 4 is 29.3 Å².